The molecule has 0 spiro atoms. The van der Waals surface area contributed by atoms with Crippen molar-refractivity contribution in [3.63, 3.8) is 0 Å². The summed E-state index contributed by atoms with van der Waals surface area (Å²) in [5.74, 6) is 0.0737. The number of aromatic hydroxyl groups is 1. The smallest absolute Gasteiger partial charge is 0.259 e. The van der Waals surface area contributed by atoms with Crippen LogP contribution in [0.5, 0.6) is 5.75 Å². The molecule has 0 radical (unpaired) electrons. The number of pyridine rings is 2. The summed E-state index contributed by atoms with van der Waals surface area (Å²) in [5.41, 5.74) is 3.70. The van der Waals surface area contributed by atoms with Crippen LogP contribution in [0.15, 0.2) is 77.7 Å². The molecule has 4 nitrogen and oxygen atoms in total. The van der Waals surface area contributed by atoms with Gasteiger partial charge in [-0.25, -0.2) is 0 Å². The van der Waals surface area contributed by atoms with Crippen LogP contribution in [0, 0.1) is 6.92 Å². The first-order chi connectivity index (χ1) is 12.6. The maximum absolute atomic E-state index is 13.3. The topological polar surface area (TPSA) is 55.1 Å². The third kappa shape index (κ3) is 2.75. The molecular weight excluding hydrogens is 324 g/mol. The molecule has 4 aromatic rings. The number of hydrogen-bond donors (Lipinski definition) is 1. The van der Waals surface area contributed by atoms with Crippen molar-refractivity contribution in [2.75, 3.05) is 0 Å². The second-order valence-corrected chi connectivity index (χ2v) is 6.29. The number of rotatable bonds is 3. The van der Waals surface area contributed by atoms with Gasteiger partial charge in [0.2, 0.25) is 0 Å². The van der Waals surface area contributed by atoms with E-state index in [4.69, 9.17) is 0 Å². The second kappa shape index (κ2) is 6.48. The van der Waals surface area contributed by atoms with Crippen LogP contribution in [-0.4, -0.2) is 14.7 Å². The van der Waals surface area contributed by atoms with Crippen molar-refractivity contribution in [2.24, 2.45) is 0 Å². The lowest BCUT2D eigenvalue weighted by molar-refractivity contribution is 0.478. The number of aryl methyl sites for hydroxylation is 1. The Balaban J connectivity index is 2.05. The largest absolute Gasteiger partial charge is 0.506 e. The predicted octanol–water partition coefficient (Wildman–Crippen LogP) is 4.13. The predicted molar refractivity (Wildman–Crippen MR) is 103 cm³/mol. The fourth-order valence-corrected chi connectivity index (χ4v) is 3.28. The molecule has 26 heavy (non-hydrogen) atoms. The number of fused-ring (bicyclic) bond motifs is 1. The molecule has 0 aliphatic carbocycles. The van der Waals surface area contributed by atoms with Crippen molar-refractivity contribution in [2.45, 2.75) is 13.5 Å². The molecule has 0 unspecified atom stereocenters. The van der Waals surface area contributed by atoms with Crippen molar-refractivity contribution >= 4 is 10.9 Å². The lowest BCUT2D eigenvalue weighted by Gasteiger charge is -2.15. The highest BCUT2D eigenvalue weighted by Crippen LogP contribution is 2.29. The van der Waals surface area contributed by atoms with Gasteiger partial charge in [-0.3, -0.25) is 9.78 Å². The van der Waals surface area contributed by atoms with E-state index in [1.54, 1.807) is 10.6 Å². The summed E-state index contributed by atoms with van der Waals surface area (Å²) in [4.78, 5) is 17.5. The van der Waals surface area contributed by atoms with Crippen molar-refractivity contribution in [3.05, 3.63) is 94.5 Å². The van der Waals surface area contributed by atoms with E-state index in [1.807, 2.05) is 67.6 Å². The van der Waals surface area contributed by atoms with Crippen LogP contribution >= 0.6 is 0 Å². The molecule has 0 amide bonds. The van der Waals surface area contributed by atoms with E-state index in [9.17, 15) is 9.90 Å². The minimum atomic E-state index is -0.0944. The molecule has 2 heterocycles. The maximum Gasteiger partial charge on any atom is 0.259 e. The molecule has 0 fully saturated rings. The fourth-order valence-electron chi connectivity index (χ4n) is 3.28. The Kier molecular flexibility index (Phi) is 4.01. The molecule has 2 aromatic heterocycles. The van der Waals surface area contributed by atoms with Crippen LogP contribution in [0.2, 0.25) is 0 Å². The van der Waals surface area contributed by atoms with Gasteiger partial charge in [-0.2, -0.15) is 0 Å². The van der Waals surface area contributed by atoms with E-state index >= 15 is 0 Å². The number of nitrogens with zero attached hydrogens (tertiary/aromatic N) is 2. The van der Waals surface area contributed by atoms with Crippen LogP contribution < -0.4 is 5.56 Å². The van der Waals surface area contributed by atoms with Crippen molar-refractivity contribution in [3.8, 4) is 16.9 Å². The van der Waals surface area contributed by atoms with E-state index < -0.39 is 0 Å². The van der Waals surface area contributed by atoms with E-state index in [2.05, 4.69) is 4.98 Å². The molecule has 4 heteroatoms. The molecule has 0 aliphatic rings. The van der Waals surface area contributed by atoms with Crippen molar-refractivity contribution in [1.29, 1.82) is 0 Å². The number of aromatic nitrogens is 2. The van der Waals surface area contributed by atoms with Gasteiger partial charge in [0.25, 0.3) is 5.56 Å². The Bertz CT molecular complexity index is 1130. The van der Waals surface area contributed by atoms with Gasteiger partial charge in [-0.05, 0) is 24.1 Å². The summed E-state index contributed by atoms with van der Waals surface area (Å²) >= 11 is 0. The van der Waals surface area contributed by atoms with Crippen LogP contribution in [0.1, 0.15) is 11.3 Å². The fraction of sp³-hybridized carbons (Fsp3) is 0.0909. The first-order valence-electron chi connectivity index (χ1n) is 8.46. The minimum Gasteiger partial charge on any atom is -0.506 e. The molecule has 2 aromatic carbocycles. The lowest BCUT2D eigenvalue weighted by Crippen LogP contribution is -2.23. The average molecular weight is 342 g/mol. The Morgan fingerprint density at radius 1 is 1.00 bits per heavy atom. The van der Waals surface area contributed by atoms with Crippen LogP contribution in [0.25, 0.3) is 22.0 Å². The summed E-state index contributed by atoms with van der Waals surface area (Å²) < 4.78 is 1.70. The van der Waals surface area contributed by atoms with Gasteiger partial charge < -0.3 is 9.67 Å². The van der Waals surface area contributed by atoms with Gasteiger partial charge in [-0.1, -0.05) is 60.7 Å². The highest BCUT2D eigenvalue weighted by molar-refractivity contribution is 5.90. The maximum atomic E-state index is 13.3. The van der Waals surface area contributed by atoms with Crippen molar-refractivity contribution < 1.29 is 5.11 Å². The van der Waals surface area contributed by atoms with Gasteiger partial charge >= 0.3 is 0 Å². The second-order valence-electron chi connectivity index (χ2n) is 6.29. The van der Waals surface area contributed by atoms with Gasteiger partial charge in [0.15, 0.2) is 0 Å². The third-order valence-electron chi connectivity index (χ3n) is 4.56. The SMILES string of the molecule is Cc1ncc(O)c2cc(-c3ccccc3)c(=O)n(Cc3ccccc3)c12. The molecule has 0 atom stereocenters. The first kappa shape index (κ1) is 16.1. The molecule has 128 valence electrons. The minimum absolute atomic E-state index is 0.0737. The normalized spacial score (nSPS) is 11.0. The Labute approximate surface area is 151 Å². The van der Waals surface area contributed by atoms with E-state index in [0.29, 0.717) is 28.7 Å². The zero-order valence-electron chi connectivity index (χ0n) is 14.4. The van der Waals surface area contributed by atoms with Crippen LogP contribution in [-0.2, 0) is 6.54 Å². The summed E-state index contributed by atoms with van der Waals surface area (Å²) in [5, 5.41) is 11.0. The summed E-state index contributed by atoms with van der Waals surface area (Å²) in [7, 11) is 0. The molecule has 0 saturated carbocycles. The highest BCUT2D eigenvalue weighted by atomic mass is 16.3. The number of benzene rings is 2. The Hall–Kier alpha value is -3.40. The molecule has 0 aliphatic heterocycles. The van der Waals surface area contributed by atoms with E-state index in [0.717, 1.165) is 11.1 Å². The quantitative estimate of drug-likeness (QED) is 0.609. The number of hydrogen-bond acceptors (Lipinski definition) is 3. The Morgan fingerprint density at radius 2 is 1.65 bits per heavy atom. The third-order valence-corrected chi connectivity index (χ3v) is 4.56. The lowest BCUT2D eigenvalue weighted by atomic mass is 10.0. The first-order valence-corrected chi connectivity index (χ1v) is 8.46. The summed E-state index contributed by atoms with van der Waals surface area (Å²) in [6, 6.07) is 21.1. The van der Waals surface area contributed by atoms with Crippen LogP contribution in [0.3, 0.4) is 0 Å². The van der Waals surface area contributed by atoms with Crippen LogP contribution in [0.4, 0.5) is 0 Å². The standard InChI is InChI=1S/C22H18N2O2/c1-15-21-19(20(25)13-23-15)12-18(17-10-6-3-7-11-17)22(26)24(21)14-16-8-4-2-5-9-16/h2-13,25H,14H2,1H3. The molecular formula is C22H18N2O2. The van der Waals surface area contributed by atoms with Gasteiger partial charge in [-0.15, -0.1) is 0 Å². The summed E-state index contributed by atoms with van der Waals surface area (Å²) in [6.45, 7) is 2.27. The van der Waals surface area contributed by atoms with Gasteiger partial charge in [0, 0.05) is 10.9 Å². The zero-order chi connectivity index (χ0) is 18.1. The van der Waals surface area contributed by atoms with E-state index in [-0.39, 0.29) is 11.3 Å². The summed E-state index contributed by atoms with van der Waals surface area (Å²) in [6.07, 6.45) is 1.43. The average Bonchev–Trinajstić information content (AvgIpc) is 2.68. The molecule has 0 saturated heterocycles. The Morgan fingerprint density at radius 3 is 2.35 bits per heavy atom. The van der Waals surface area contributed by atoms with Gasteiger partial charge in [0.1, 0.15) is 5.75 Å². The zero-order valence-corrected chi connectivity index (χ0v) is 14.4. The molecule has 4 rings (SSSR count). The monoisotopic (exact) mass is 342 g/mol. The van der Waals surface area contributed by atoms with Gasteiger partial charge in [0.05, 0.1) is 24.0 Å². The molecule has 1 N–H and O–H groups in total. The molecule has 0 bridgehead atoms. The van der Waals surface area contributed by atoms with Crippen molar-refractivity contribution in [1.82, 2.24) is 9.55 Å². The van der Waals surface area contributed by atoms with E-state index in [1.165, 1.54) is 6.20 Å². The highest BCUT2D eigenvalue weighted by Gasteiger charge is 2.16.